The summed E-state index contributed by atoms with van der Waals surface area (Å²) in [5.74, 6) is 1.35. The van der Waals surface area contributed by atoms with Crippen LogP contribution in [0.4, 0.5) is 0 Å². The van der Waals surface area contributed by atoms with Crippen molar-refractivity contribution in [2.45, 2.75) is 44.4 Å². The first-order valence-corrected chi connectivity index (χ1v) is 5.88. The summed E-state index contributed by atoms with van der Waals surface area (Å²) in [6.07, 6.45) is 2.14. The van der Waals surface area contributed by atoms with Crippen molar-refractivity contribution >= 4 is 17.7 Å². The second kappa shape index (κ2) is 2.66. The van der Waals surface area contributed by atoms with E-state index in [0.29, 0.717) is 6.04 Å². The summed E-state index contributed by atoms with van der Waals surface area (Å²) in [7, 11) is 0. The maximum Gasteiger partial charge on any atom is 0.226 e. The van der Waals surface area contributed by atoms with Gasteiger partial charge in [-0.2, -0.15) is 11.8 Å². The van der Waals surface area contributed by atoms with Gasteiger partial charge < -0.3 is 5.32 Å². The zero-order valence-electron chi connectivity index (χ0n) is 8.52. The van der Waals surface area contributed by atoms with Crippen molar-refractivity contribution in [2.24, 2.45) is 5.41 Å². The number of hydrogen-bond acceptors (Lipinski definition) is 2. The summed E-state index contributed by atoms with van der Waals surface area (Å²) in [5.41, 5.74) is -0.0175. The SMILES string of the molecule is CC1(C(=O)NC2CSC2(C)C)CC1. The Labute approximate surface area is 83.8 Å². The molecule has 0 bridgehead atoms. The van der Waals surface area contributed by atoms with Crippen LogP contribution in [0.2, 0.25) is 0 Å². The Kier molecular flexibility index (Phi) is 1.92. The van der Waals surface area contributed by atoms with E-state index in [1.54, 1.807) is 0 Å². The number of carbonyl (C=O) groups is 1. The van der Waals surface area contributed by atoms with Crippen molar-refractivity contribution in [1.29, 1.82) is 0 Å². The molecule has 1 saturated heterocycles. The van der Waals surface area contributed by atoms with Crippen LogP contribution in [-0.2, 0) is 4.79 Å². The minimum atomic E-state index is -0.0175. The van der Waals surface area contributed by atoms with Crippen molar-refractivity contribution in [3.05, 3.63) is 0 Å². The molecule has 2 aliphatic rings. The Hall–Kier alpha value is -0.180. The van der Waals surface area contributed by atoms with E-state index in [1.165, 1.54) is 0 Å². The lowest BCUT2D eigenvalue weighted by atomic mass is 10.0. The molecule has 1 atom stereocenters. The van der Waals surface area contributed by atoms with Crippen LogP contribution in [0.5, 0.6) is 0 Å². The first-order valence-electron chi connectivity index (χ1n) is 4.89. The van der Waals surface area contributed by atoms with Gasteiger partial charge in [-0.15, -0.1) is 0 Å². The first kappa shape index (κ1) is 9.38. The molecule has 3 heteroatoms. The molecule has 1 unspecified atom stereocenters. The van der Waals surface area contributed by atoms with Gasteiger partial charge in [0.25, 0.3) is 0 Å². The molecule has 1 amide bonds. The predicted octanol–water partition coefficient (Wildman–Crippen LogP) is 1.80. The molecule has 0 aromatic carbocycles. The van der Waals surface area contributed by atoms with Crippen molar-refractivity contribution in [1.82, 2.24) is 5.32 Å². The largest absolute Gasteiger partial charge is 0.351 e. The van der Waals surface area contributed by atoms with E-state index in [1.807, 2.05) is 11.8 Å². The molecule has 1 aliphatic heterocycles. The number of amides is 1. The summed E-state index contributed by atoms with van der Waals surface area (Å²) in [4.78, 5) is 11.7. The van der Waals surface area contributed by atoms with Crippen LogP contribution in [0.3, 0.4) is 0 Å². The summed E-state index contributed by atoms with van der Waals surface area (Å²) in [6.45, 7) is 6.45. The van der Waals surface area contributed by atoms with E-state index < -0.39 is 0 Å². The molecule has 1 aliphatic carbocycles. The van der Waals surface area contributed by atoms with E-state index in [2.05, 4.69) is 26.1 Å². The Morgan fingerprint density at radius 1 is 1.38 bits per heavy atom. The van der Waals surface area contributed by atoms with Crippen molar-refractivity contribution < 1.29 is 4.79 Å². The van der Waals surface area contributed by atoms with Gasteiger partial charge >= 0.3 is 0 Å². The van der Waals surface area contributed by atoms with Crippen LogP contribution >= 0.6 is 11.8 Å². The van der Waals surface area contributed by atoms with Gasteiger partial charge in [-0.1, -0.05) is 6.92 Å². The van der Waals surface area contributed by atoms with E-state index in [0.717, 1.165) is 18.6 Å². The van der Waals surface area contributed by atoms with Gasteiger partial charge in [-0.05, 0) is 26.7 Å². The normalized spacial score (nSPS) is 33.3. The highest BCUT2D eigenvalue weighted by atomic mass is 32.2. The Morgan fingerprint density at radius 3 is 2.31 bits per heavy atom. The maximum atomic E-state index is 11.7. The second-order valence-electron chi connectivity index (χ2n) is 5.00. The molecular formula is C10H17NOS. The quantitative estimate of drug-likeness (QED) is 0.734. The van der Waals surface area contributed by atoms with Crippen molar-refractivity contribution in [3.63, 3.8) is 0 Å². The van der Waals surface area contributed by atoms with Crippen LogP contribution in [-0.4, -0.2) is 22.4 Å². The molecule has 2 rings (SSSR count). The molecule has 0 radical (unpaired) electrons. The summed E-state index contributed by atoms with van der Waals surface area (Å²) < 4.78 is 0.251. The minimum absolute atomic E-state index is 0.0175. The van der Waals surface area contributed by atoms with Gasteiger partial charge in [-0.25, -0.2) is 0 Å². The third-order valence-corrected chi connectivity index (χ3v) is 4.84. The molecule has 0 spiro atoms. The highest BCUT2D eigenvalue weighted by Gasteiger charge is 2.48. The zero-order valence-corrected chi connectivity index (χ0v) is 9.33. The number of nitrogens with one attached hydrogen (secondary N) is 1. The zero-order chi connectivity index (χ0) is 9.69. The monoisotopic (exact) mass is 199 g/mol. The number of thioether (sulfide) groups is 1. The second-order valence-corrected chi connectivity index (χ2v) is 6.68. The van der Waals surface area contributed by atoms with E-state index in [9.17, 15) is 4.79 Å². The van der Waals surface area contributed by atoms with Crippen LogP contribution in [0.1, 0.15) is 33.6 Å². The van der Waals surface area contributed by atoms with Crippen LogP contribution in [0.15, 0.2) is 0 Å². The van der Waals surface area contributed by atoms with E-state index in [-0.39, 0.29) is 16.1 Å². The van der Waals surface area contributed by atoms with Crippen LogP contribution in [0.25, 0.3) is 0 Å². The molecule has 1 N–H and O–H groups in total. The maximum absolute atomic E-state index is 11.7. The minimum Gasteiger partial charge on any atom is -0.351 e. The average Bonchev–Trinajstić information content (AvgIpc) is 2.78. The number of rotatable bonds is 2. The fourth-order valence-corrected chi connectivity index (χ4v) is 2.60. The standard InChI is InChI=1S/C10H17NOS/c1-9(2)7(6-13-9)11-8(12)10(3)4-5-10/h7H,4-6H2,1-3H3,(H,11,12). The van der Waals surface area contributed by atoms with Gasteiger partial charge in [0, 0.05) is 15.9 Å². The van der Waals surface area contributed by atoms with Gasteiger partial charge in [0.15, 0.2) is 0 Å². The fourth-order valence-electron chi connectivity index (χ4n) is 1.46. The lowest BCUT2D eigenvalue weighted by Crippen LogP contribution is -2.57. The molecular weight excluding hydrogens is 182 g/mol. The molecule has 13 heavy (non-hydrogen) atoms. The Balaban J connectivity index is 1.88. The van der Waals surface area contributed by atoms with Gasteiger partial charge in [-0.3, -0.25) is 4.79 Å². The smallest absolute Gasteiger partial charge is 0.226 e. The van der Waals surface area contributed by atoms with Crippen molar-refractivity contribution in [3.8, 4) is 0 Å². The summed E-state index contributed by atoms with van der Waals surface area (Å²) >= 11 is 1.93. The Bertz CT molecular complexity index is 245. The topological polar surface area (TPSA) is 29.1 Å². The van der Waals surface area contributed by atoms with Gasteiger partial charge in [0.05, 0.1) is 6.04 Å². The average molecular weight is 199 g/mol. The van der Waals surface area contributed by atoms with E-state index >= 15 is 0 Å². The summed E-state index contributed by atoms with van der Waals surface area (Å²) in [6, 6.07) is 0.391. The third kappa shape index (κ3) is 1.58. The van der Waals surface area contributed by atoms with Crippen molar-refractivity contribution in [2.75, 3.05) is 5.75 Å². The molecule has 74 valence electrons. The van der Waals surface area contributed by atoms with Crippen LogP contribution in [0, 0.1) is 5.41 Å². The first-order chi connectivity index (χ1) is 5.94. The molecule has 1 saturated carbocycles. The number of hydrogen-bond donors (Lipinski definition) is 1. The highest BCUT2D eigenvalue weighted by Crippen LogP contribution is 2.46. The van der Waals surface area contributed by atoms with Crippen LogP contribution < -0.4 is 5.32 Å². The summed E-state index contributed by atoms with van der Waals surface area (Å²) in [5, 5.41) is 3.15. The van der Waals surface area contributed by atoms with Gasteiger partial charge in [0.2, 0.25) is 5.91 Å². The highest BCUT2D eigenvalue weighted by molar-refractivity contribution is 8.02. The molecule has 0 aromatic rings. The number of carbonyl (C=O) groups excluding carboxylic acids is 1. The predicted molar refractivity (Wildman–Crippen MR) is 55.8 cm³/mol. The third-order valence-electron chi connectivity index (χ3n) is 3.31. The lowest BCUT2D eigenvalue weighted by Gasteiger charge is -2.44. The lowest BCUT2D eigenvalue weighted by molar-refractivity contribution is -0.126. The fraction of sp³-hybridized carbons (Fsp3) is 0.900. The molecule has 1 heterocycles. The molecule has 0 aromatic heterocycles. The molecule has 2 nitrogen and oxygen atoms in total. The molecule has 2 fully saturated rings. The van der Waals surface area contributed by atoms with Gasteiger partial charge in [0.1, 0.15) is 0 Å². The van der Waals surface area contributed by atoms with E-state index in [4.69, 9.17) is 0 Å². The Morgan fingerprint density at radius 2 is 2.00 bits per heavy atom.